The molecule has 1 atom stereocenters. The van der Waals surface area contributed by atoms with Gasteiger partial charge in [0.1, 0.15) is 5.69 Å². The van der Waals surface area contributed by atoms with E-state index in [1.165, 1.54) is 10.8 Å². The number of β-amino-alcohol motifs (C(OH)–C–C–N with tert-alkyl or cyclic N) is 1. The first-order chi connectivity index (χ1) is 15.2. The van der Waals surface area contributed by atoms with Crippen molar-refractivity contribution in [1.29, 1.82) is 0 Å². The lowest BCUT2D eigenvalue weighted by molar-refractivity contribution is 0.0499. The highest BCUT2D eigenvalue weighted by atomic mass is 16.3. The van der Waals surface area contributed by atoms with E-state index < -0.39 is 6.10 Å². The molecular formula is C25H26N4O2. The molecule has 6 heteroatoms. The largest absolute Gasteiger partial charge is 0.390 e. The highest BCUT2D eigenvalue weighted by Crippen LogP contribution is 2.28. The molecule has 31 heavy (non-hydrogen) atoms. The lowest BCUT2D eigenvalue weighted by atomic mass is 10.2. The summed E-state index contributed by atoms with van der Waals surface area (Å²) >= 11 is 0. The van der Waals surface area contributed by atoms with Gasteiger partial charge in [-0.3, -0.25) is 14.7 Å². The van der Waals surface area contributed by atoms with E-state index in [0.29, 0.717) is 31.9 Å². The van der Waals surface area contributed by atoms with Gasteiger partial charge in [0.25, 0.3) is 5.91 Å². The minimum Gasteiger partial charge on any atom is -0.390 e. The van der Waals surface area contributed by atoms with Crippen molar-refractivity contribution in [2.45, 2.75) is 12.6 Å². The minimum absolute atomic E-state index is 0.0221. The van der Waals surface area contributed by atoms with Crippen LogP contribution >= 0.6 is 0 Å². The topological polar surface area (TPSA) is 61.6 Å². The highest BCUT2D eigenvalue weighted by molar-refractivity contribution is 6.07. The second-order valence-corrected chi connectivity index (χ2v) is 8.11. The number of aliphatic hydroxyl groups excluding tert-OH is 1. The zero-order valence-electron chi connectivity index (χ0n) is 17.4. The number of piperazine rings is 1. The van der Waals surface area contributed by atoms with Gasteiger partial charge in [-0.25, -0.2) is 0 Å². The maximum atomic E-state index is 12.6. The number of benzene rings is 2. The maximum Gasteiger partial charge on any atom is 0.272 e. The van der Waals surface area contributed by atoms with E-state index in [1.807, 2.05) is 29.2 Å². The molecule has 0 aliphatic carbocycles. The number of rotatable bonds is 5. The summed E-state index contributed by atoms with van der Waals surface area (Å²) in [6.07, 6.45) is 1.16. The summed E-state index contributed by atoms with van der Waals surface area (Å²) in [7, 11) is 0. The number of nitrogens with zero attached hydrogens (tertiary/aromatic N) is 4. The van der Waals surface area contributed by atoms with E-state index in [0.717, 1.165) is 24.1 Å². The zero-order chi connectivity index (χ0) is 21.2. The first kappa shape index (κ1) is 19.7. The van der Waals surface area contributed by atoms with Gasteiger partial charge in [0.15, 0.2) is 0 Å². The van der Waals surface area contributed by atoms with Gasteiger partial charge in [0.05, 0.1) is 12.6 Å². The fourth-order valence-electron chi connectivity index (χ4n) is 4.55. The highest BCUT2D eigenvalue weighted by Gasteiger charge is 2.24. The van der Waals surface area contributed by atoms with E-state index in [-0.39, 0.29) is 5.91 Å². The third kappa shape index (κ3) is 3.92. The molecule has 3 heterocycles. The number of fused-ring (bicyclic) bond motifs is 3. The van der Waals surface area contributed by atoms with Gasteiger partial charge in [-0.15, -0.1) is 0 Å². The van der Waals surface area contributed by atoms with Crippen LogP contribution in [0.5, 0.6) is 0 Å². The van der Waals surface area contributed by atoms with Crippen molar-refractivity contribution in [1.82, 2.24) is 19.4 Å². The van der Waals surface area contributed by atoms with Crippen molar-refractivity contribution in [2.75, 3.05) is 32.7 Å². The molecule has 1 aliphatic rings. The monoisotopic (exact) mass is 414 g/mol. The summed E-state index contributed by atoms with van der Waals surface area (Å²) in [4.78, 5) is 20.8. The molecule has 5 rings (SSSR count). The molecule has 0 saturated carbocycles. The van der Waals surface area contributed by atoms with Crippen LogP contribution in [0.1, 0.15) is 10.5 Å². The third-order valence-corrected chi connectivity index (χ3v) is 6.09. The molecule has 0 spiro atoms. The van der Waals surface area contributed by atoms with Crippen LogP contribution < -0.4 is 0 Å². The maximum absolute atomic E-state index is 12.6. The molecule has 1 unspecified atom stereocenters. The van der Waals surface area contributed by atoms with Crippen LogP contribution in [0.25, 0.3) is 21.8 Å². The zero-order valence-corrected chi connectivity index (χ0v) is 17.4. The van der Waals surface area contributed by atoms with Gasteiger partial charge in [0.2, 0.25) is 0 Å². The predicted molar refractivity (Wildman–Crippen MR) is 122 cm³/mol. The van der Waals surface area contributed by atoms with Crippen molar-refractivity contribution in [3.05, 3.63) is 78.6 Å². The van der Waals surface area contributed by atoms with E-state index in [9.17, 15) is 9.90 Å². The van der Waals surface area contributed by atoms with E-state index in [4.69, 9.17) is 0 Å². The quantitative estimate of drug-likeness (QED) is 0.545. The van der Waals surface area contributed by atoms with Crippen LogP contribution in [0.2, 0.25) is 0 Å². The average Bonchev–Trinajstić information content (AvgIpc) is 3.13. The number of carbonyl (C=O) groups excluding carboxylic acids is 1. The lowest BCUT2D eigenvalue weighted by Gasteiger charge is -2.35. The van der Waals surface area contributed by atoms with Crippen molar-refractivity contribution in [3.8, 4) is 0 Å². The van der Waals surface area contributed by atoms with Gasteiger partial charge in [0, 0.05) is 60.7 Å². The number of hydrogen-bond acceptors (Lipinski definition) is 4. The second-order valence-electron chi connectivity index (χ2n) is 8.11. The Morgan fingerprint density at radius 2 is 1.45 bits per heavy atom. The summed E-state index contributed by atoms with van der Waals surface area (Å²) < 4.78 is 2.22. The SMILES string of the molecule is O=C(c1ccccn1)N1CCN(CC(O)Cn2c3ccccc3c3ccccc32)CC1. The molecule has 0 bridgehead atoms. The smallest absolute Gasteiger partial charge is 0.272 e. The molecule has 1 amide bonds. The third-order valence-electron chi connectivity index (χ3n) is 6.09. The van der Waals surface area contributed by atoms with Gasteiger partial charge in [-0.1, -0.05) is 42.5 Å². The fraction of sp³-hybridized carbons (Fsp3) is 0.280. The molecule has 2 aromatic carbocycles. The van der Waals surface area contributed by atoms with E-state index in [2.05, 4.69) is 50.8 Å². The van der Waals surface area contributed by atoms with Crippen LogP contribution in [0.4, 0.5) is 0 Å². The van der Waals surface area contributed by atoms with Crippen LogP contribution in [0, 0.1) is 0 Å². The summed E-state index contributed by atoms with van der Waals surface area (Å²) in [5.41, 5.74) is 2.78. The predicted octanol–water partition coefficient (Wildman–Crippen LogP) is 3.01. The number of hydrogen-bond donors (Lipinski definition) is 1. The molecule has 6 nitrogen and oxygen atoms in total. The van der Waals surface area contributed by atoms with Crippen molar-refractivity contribution < 1.29 is 9.90 Å². The van der Waals surface area contributed by atoms with Gasteiger partial charge >= 0.3 is 0 Å². The molecule has 0 radical (unpaired) electrons. The molecule has 158 valence electrons. The Morgan fingerprint density at radius 3 is 2.06 bits per heavy atom. The number of para-hydroxylation sites is 2. The number of carbonyl (C=O) groups is 1. The normalized spacial score (nSPS) is 16.1. The first-order valence-corrected chi connectivity index (χ1v) is 10.8. The minimum atomic E-state index is -0.489. The fourth-order valence-corrected chi connectivity index (χ4v) is 4.55. The van der Waals surface area contributed by atoms with Crippen molar-refractivity contribution >= 4 is 27.7 Å². The molecule has 2 aromatic heterocycles. The van der Waals surface area contributed by atoms with Crippen molar-refractivity contribution in [2.24, 2.45) is 0 Å². The Labute approximate surface area is 181 Å². The van der Waals surface area contributed by atoms with Crippen LogP contribution in [-0.4, -0.2) is 69.2 Å². The summed E-state index contributed by atoms with van der Waals surface area (Å²) in [5, 5.41) is 13.3. The van der Waals surface area contributed by atoms with Gasteiger partial charge in [-0.05, 0) is 24.3 Å². The Hall–Kier alpha value is -3.22. The van der Waals surface area contributed by atoms with Crippen LogP contribution in [-0.2, 0) is 6.54 Å². The number of aliphatic hydroxyl groups is 1. The van der Waals surface area contributed by atoms with Crippen LogP contribution in [0.15, 0.2) is 72.9 Å². The Balaban J connectivity index is 1.24. The Morgan fingerprint density at radius 1 is 0.839 bits per heavy atom. The summed E-state index contributed by atoms with van der Waals surface area (Å²) in [6, 6.07) is 22.1. The lowest BCUT2D eigenvalue weighted by Crippen LogP contribution is -2.50. The van der Waals surface area contributed by atoms with E-state index >= 15 is 0 Å². The first-order valence-electron chi connectivity index (χ1n) is 10.8. The summed E-state index contributed by atoms with van der Waals surface area (Å²) in [6.45, 7) is 3.94. The molecule has 4 aromatic rings. The van der Waals surface area contributed by atoms with Gasteiger partial charge < -0.3 is 14.6 Å². The Kier molecular flexibility index (Phi) is 5.40. The van der Waals surface area contributed by atoms with Crippen LogP contribution in [0.3, 0.4) is 0 Å². The molecule has 1 N–H and O–H groups in total. The summed E-state index contributed by atoms with van der Waals surface area (Å²) in [5.74, 6) is -0.0221. The standard InChI is InChI=1S/C25H26N4O2/c30-19(17-27-13-15-28(16-14-27)25(31)22-9-5-6-12-26-22)18-29-23-10-3-1-7-20(23)21-8-2-4-11-24(21)29/h1-12,19,30H,13-18H2. The molecule has 1 saturated heterocycles. The van der Waals surface area contributed by atoms with E-state index in [1.54, 1.807) is 12.3 Å². The number of aromatic nitrogens is 2. The number of pyridine rings is 1. The second kappa shape index (κ2) is 8.49. The number of amides is 1. The van der Waals surface area contributed by atoms with Gasteiger partial charge in [-0.2, -0.15) is 0 Å². The average molecular weight is 415 g/mol. The van der Waals surface area contributed by atoms with Crippen molar-refractivity contribution in [3.63, 3.8) is 0 Å². The Bertz CT molecular complexity index is 1140. The molecule has 1 aliphatic heterocycles. The molecular weight excluding hydrogens is 388 g/mol. The molecule has 1 fully saturated rings.